The first-order valence-electron chi connectivity index (χ1n) is 3.34. The van der Waals surface area contributed by atoms with Gasteiger partial charge in [0.15, 0.2) is 0 Å². The summed E-state index contributed by atoms with van der Waals surface area (Å²) in [7, 11) is 0. The summed E-state index contributed by atoms with van der Waals surface area (Å²) in [5.74, 6) is 0. The second-order valence-corrected chi connectivity index (χ2v) is 2.14. The third kappa shape index (κ3) is 2.02. The molecule has 0 heterocycles. The SMILES string of the molecule is C=[O+]CCc1ccccc1. The van der Waals surface area contributed by atoms with Crippen molar-refractivity contribution >= 4 is 6.79 Å². The maximum absolute atomic E-state index is 4.70. The molecular weight excluding hydrogens is 124 g/mol. The molecule has 0 saturated carbocycles. The normalized spacial score (nSPS) is 9.20. The van der Waals surface area contributed by atoms with Gasteiger partial charge in [-0.05, 0) is 5.56 Å². The maximum atomic E-state index is 4.70. The fraction of sp³-hybridized carbons (Fsp3) is 0.222. The highest BCUT2D eigenvalue weighted by Gasteiger charge is 1.92. The molecule has 0 aliphatic carbocycles. The highest BCUT2D eigenvalue weighted by atomic mass is 16.4. The van der Waals surface area contributed by atoms with E-state index in [0.717, 1.165) is 6.42 Å². The Morgan fingerprint density at radius 2 is 1.90 bits per heavy atom. The minimum Gasteiger partial charge on any atom is -0.270 e. The smallest absolute Gasteiger partial charge is 0.270 e. The molecule has 10 heavy (non-hydrogen) atoms. The fourth-order valence-electron chi connectivity index (χ4n) is 0.835. The van der Waals surface area contributed by atoms with Crippen LogP contribution in [0.3, 0.4) is 0 Å². The van der Waals surface area contributed by atoms with Gasteiger partial charge in [-0.2, -0.15) is 0 Å². The quantitative estimate of drug-likeness (QED) is 0.558. The molecule has 0 N–H and O–H groups in total. The fourth-order valence-corrected chi connectivity index (χ4v) is 0.835. The van der Waals surface area contributed by atoms with Crippen LogP contribution in [-0.4, -0.2) is 13.4 Å². The lowest BCUT2D eigenvalue weighted by molar-refractivity contribution is -0.446. The Bertz CT molecular complexity index is 191. The zero-order valence-electron chi connectivity index (χ0n) is 5.92. The van der Waals surface area contributed by atoms with E-state index in [1.807, 2.05) is 18.2 Å². The molecule has 0 atom stereocenters. The molecule has 1 heteroatoms. The van der Waals surface area contributed by atoms with Crippen molar-refractivity contribution in [1.29, 1.82) is 0 Å². The first-order valence-corrected chi connectivity index (χ1v) is 3.34. The minimum absolute atomic E-state index is 0.698. The van der Waals surface area contributed by atoms with E-state index in [4.69, 9.17) is 4.42 Å². The number of carbonyl (C=O) groups excluding carboxylic acids is 1. The Labute approximate surface area is 61.0 Å². The topological polar surface area (TPSA) is 11.3 Å². The molecule has 0 saturated heterocycles. The highest BCUT2D eigenvalue weighted by Crippen LogP contribution is 1.97. The van der Waals surface area contributed by atoms with Gasteiger partial charge in [0.25, 0.3) is 13.4 Å². The average Bonchev–Trinajstić information content (AvgIpc) is 2.03. The lowest BCUT2D eigenvalue weighted by Crippen LogP contribution is -1.90. The average molecular weight is 135 g/mol. The Morgan fingerprint density at radius 1 is 1.20 bits per heavy atom. The molecule has 1 rings (SSSR count). The highest BCUT2D eigenvalue weighted by molar-refractivity contribution is 5.15. The lowest BCUT2D eigenvalue weighted by atomic mass is 10.2. The van der Waals surface area contributed by atoms with E-state index in [1.165, 1.54) is 5.56 Å². The van der Waals surface area contributed by atoms with Gasteiger partial charge in [0.1, 0.15) is 0 Å². The van der Waals surface area contributed by atoms with Crippen LogP contribution in [0.2, 0.25) is 0 Å². The van der Waals surface area contributed by atoms with Crippen molar-refractivity contribution in [1.82, 2.24) is 0 Å². The summed E-state index contributed by atoms with van der Waals surface area (Å²) in [6.07, 6.45) is 0.949. The molecule has 0 fully saturated rings. The van der Waals surface area contributed by atoms with E-state index in [1.54, 1.807) is 0 Å². The van der Waals surface area contributed by atoms with Crippen molar-refractivity contribution in [3.63, 3.8) is 0 Å². The third-order valence-electron chi connectivity index (χ3n) is 1.38. The Hall–Kier alpha value is -1.11. The van der Waals surface area contributed by atoms with Gasteiger partial charge in [-0.3, -0.25) is 4.42 Å². The van der Waals surface area contributed by atoms with Gasteiger partial charge in [0.2, 0.25) is 0 Å². The molecule has 0 spiro atoms. The zero-order chi connectivity index (χ0) is 7.23. The number of hydrogen-bond acceptors (Lipinski definition) is 0. The molecule has 0 aromatic heterocycles. The zero-order valence-corrected chi connectivity index (χ0v) is 5.92. The van der Waals surface area contributed by atoms with Gasteiger partial charge < -0.3 is 0 Å². The Kier molecular flexibility index (Phi) is 2.68. The maximum Gasteiger partial charge on any atom is 0.273 e. The van der Waals surface area contributed by atoms with Crippen LogP contribution < -0.4 is 0 Å². The number of benzene rings is 1. The Morgan fingerprint density at radius 3 is 2.50 bits per heavy atom. The van der Waals surface area contributed by atoms with Crippen molar-refractivity contribution in [3.05, 3.63) is 35.9 Å². The van der Waals surface area contributed by atoms with Crippen LogP contribution in [0, 0.1) is 0 Å². The van der Waals surface area contributed by atoms with Crippen molar-refractivity contribution < 1.29 is 4.42 Å². The molecular formula is C9H11O+. The number of rotatable bonds is 3. The summed E-state index contributed by atoms with van der Waals surface area (Å²) in [4.78, 5) is 0. The van der Waals surface area contributed by atoms with Crippen molar-refractivity contribution in [3.8, 4) is 0 Å². The molecule has 52 valence electrons. The van der Waals surface area contributed by atoms with Crippen LogP contribution >= 0.6 is 0 Å². The summed E-state index contributed by atoms with van der Waals surface area (Å²) in [6, 6.07) is 10.2. The molecule has 1 aromatic carbocycles. The van der Waals surface area contributed by atoms with E-state index >= 15 is 0 Å². The molecule has 1 nitrogen and oxygen atoms in total. The van der Waals surface area contributed by atoms with E-state index in [2.05, 4.69) is 18.9 Å². The van der Waals surface area contributed by atoms with Gasteiger partial charge in [-0.25, -0.2) is 0 Å². The van der Waals surface area contributed by atoms with Gasteiger partial charge >= 0.3 is 0 Å². The van der Waals surface area contributed by atoms with Gasteiger partial charge in [-0.1, -0.05) is 30.3 Å². The first kappa shape index (κ1) is 7.00. The molecule has 0 unspecified atom stereocenters. The molecule has 0 amide bonds. The predicted molar refractivity (Wildman–Crippen MR) is 42.1 cm³/mol. The molecule has 1 aromatic rings. The molecule has 0 aliphatic heterocycles. The second kappa shape index (κ2) is 3.83. The third-order valence-corrected chi connectivity index (χ3v) is 1.38. The van der Waals surface area contributed by atoms with Crippen molar-refractivity contribution in [2.75, 3.05) is 6.61 Å². The summed E-state index contributed by atoms with van der Waals surface area (Å²) in [5, 5.41) is 0. The predicted octanol–water partition coefficient (Wildman–Crippen LogP) is 1.59. The van der Waals surface area contributed by atoms with Crippen LogP contribution in [0.15, 0.2) is 30.3 Å². The molecule has 0 aliphatic rings. The monoisotopic (exact) mass is 135 g/mol. The summed E-state index contributed by atoms with van der Waals surface area (Å²) < 4.78 is 4.70. The van der Waals surface area contributed by atoms with Gasteiger partial charge in [0.05, 0.1) is 6.42 Å². The second-order valence-electron chi connectivity index (χ2n) is 2.14. The summed E-state index contributed by atoms with van der Waals surface area (Å²) in [6.45, 7) is 4.00. The molecule has 0 radical (unpaired) electrons. The van der Waals surface area contributed by atoms with Crippen molar-refractivity contribution in [2.24, 2.45) is 0 Å². The van der Waals surface area contributed by atoms with Gasteiger partial charge in [-0.15, -0.1) is 0 Å². The van der Waals surface area contributed by atoms with E-state index in [0.29, 0.717) is 6.61 Å². The van der Waals surface area contributed by atoms with Crippen LogP contribution in [0.1, 0.15) is 5.56 Å². The number of hydrogen-bond donors (Lipinski definition) is 0. The minimum atomic E-state index is 0.698. The standard InChI is InChI=1S/C9H11O/c1-10-8-7-9-5-3-2-4-6-9/h2-6H,1,7-8H2/q+1. The van der Waals surface area contributed by atoms with E-state index in [9.17, 15) is 0 Å². The summed E-state index contributed by atoms with van der Waals surface area (Å²) >= 11 is 0. The largest absolute Gasteiger partial charge is 0.273 e. The van der Waals surface area contributed by atoms with Crippen LogP contribution in [0.4, 0.5) is 0 Å². The van der Waals surface area contributed by atoms with Crippen molar-refractivity contribution in [2.45, 2.75) is 6.42 Å². The first-order chi connectivity index (χ1) is 4.93. The van der Waals surface area contributed by atoms with E-state index in [-0.39, 0.29) is 0 Å². The van der Waals surface area contributed by atoms with Gasteiger partial charge in [0, 0.05) is 0 Å². The summed E-state index contributed by atoms with van der Waals surface area (Å²) in [5.41, 5.74) is 1.30. The molecule has 0 bridgehead atoms. The van der Waals surface area contributed by atoms with Crippen LogP contribution in [-0.2, 0) is 10.8 Å². The van der Waals surface area contributed by atoms with E-state index < -0.39 is 0 Å². The Balaban J connectivity index is 2.50. The van der Waals surface area contributed by atoms with Crippen LogP contribution in [0.25, 0.3) is 0 Å². The van der Waals surface area contributed by atoms with Crippen LogP contribution in [0.5, 0.6) is 0 Å². The lowest BCUT2D eigenvalue weighted by Gasteiger charge is -1.90.